The second-order valence-electron chi connectivity index (χ2n) is 4.39. The fourth-order valence-electron chi connectivity index (χ4n) is 2.05. The maximum Gasteiger partial charge on any atom is 0.0431 e. The minimum atomic E-state index is 0.349. The van der Waals surface area contributed by atoms with Gasteiger partial charge >= 0.3 is 0 Å². The van der Waals surface area contributed by atoms with Crippen LogP contribution in [0.15, 0.2) is 11.6 Å². The lowest BCUT2D eigenvalue weighted by atomic mass is 10.1. The molecule has 0 fully saturated rings. The predicted molar refractivity (Wildman–Crippen MR) is 65.0 cm³/mol. The summed E-state index contributed by atoms with van der Waals surface area (Å²) in [7, 11) is 0. The standard InChI is InChI=1S/C13H25NO/c15-12-6-2-1-5-10-14-11-9-13-7-3-4-8-13/h7,14-15H,1-6,8-12H2. The van der Waals surface area contributed by atoms with Crippen LogP contribution in [0.2, 0.25) is 0 Å². The molecule has 0 aromatic heterocycles. The lowest BCUT2D eigenvalue weighted by Crippen LogP contribution is -2.16. The summed E-state index contributed by atoms with van der Waals surface area (Å²) in [6, 6.07) is 0. The highest BCUT2D eigenvalue weighted by molar-refractivity contribution is 5.07. The van der Waals surface area contributed by atoms with Gasteiger partial charge in [-0.2, -0.15) is 0 Å². The fraction of sp³-hybridized carbons (Fsp3) is 0.846. The number of aliphatic hydroxyl groups is 1. The van der Waals surface area contributed by atoms with Gasteiger partial charge in [0.25, 0.3) is 0 Å². The van der Waals surface area contributed by atoms with Crippen molar-refractivity contribution >= 4 is 0 Å². The molecule has 0 heterocycles. The SMILES string of the molecule is OCCCCCCNCCC1=CCCC1. The molecule has 0 saturated carbocycles. The van der Waals surface area contributed by atoms with Crippen LogP contribution < -0.4 is 5.32 Å². The monoisotopic (exact) mass is 211 g/mol. The van der Waals surface area contributed by atoms with E-state index in [1.807, 2.05) is 0 Å². The van der Waals surface area contributed by atoms with Gasteiger partial charge in [-0.25, -0.2) is 0 Å². The van der Waals surface area contributed by atoms with Crippen LogP contribution in [0.4, 0.5) is 0 Å². The number of nitrogens with one attached hydrogen (secondary N) is 1. The Bertz CT molecular complexity index is 177. The van der Waals surface area contributed by atoms with E-state index in [-0.39, 0.29) is 0 Å². The number of unbranched alkanes of at least 4 members (excludes halogenated alkanes) is 3. The molecule has 1 aliphatic rings. The molecular weight excluding hydrogens is 186 g/mol. The lowest BCUT2D eigenvalue weighted by Gasteiger charge is -2.05. The first-order chi connectivity index (χ1) is 7.43. The predicted octanol–water partition coefficient (Wildman–Crippen LogP) is 2.63. The lowest BCUT2D eigenvalue weighted by molar-refractivity contribution is 0.282. The average Bonchev–Trinajstić information content (AvgIpc) is 2.75. The molecule has 0 aromatic rings. The third-order valence-corrected chi connectivity index (χ3v) is 3.02. The van der Waals surface area contributed by atoms with Gasteiger partial charge in [0.1, 0.15) is 0 Å². The minimum Gasteiger partial charge on any atom is -0.396 e. The van der Waals surface area contributed by atoms with Crippen molar-refractivity contribution in [1.82, 2.24) is 5.32 Å². The molecule has 0 unspecified atom stereocenters. The van der Waals surface area contributed by atoms with E-state index in [9.17, 15) is 0 Å². The molecule has 0 aromatic carbocycles. The molecule has 0 amide bonds. The molecule has 88 valence electrons. The Morgan fingerprint density at radius 1 is 1.13 bits per heavy atom. The quantitative estimate of drug-likeness (QED) is 0.454. The van der Waals surface area contributed by atoms with Crippen LogP contribution in [-0.2, 0) is 0 Å². The van der Waals surface area contributed by atoms with Gasteiger partial charge in [0.05, 0.1) is 0 Å². The molecule has 2 N–H and O–H groups in total. The highest BCUT2D eigenvalue weighted by Crippen LogP contribution is 2.19. The zero-order valence-electron chi connectivity index (χ0n) is 9.80. The summed E-state index contributed by atoms with van der Waals surface area (Å²) in [5, 5.41) is 12.1. The summed E-state index contributed by atoms with van der Waals surface area (Å²) in [5.41, 5.74) is 1.66. The minimum absolute atomic E-state index is 0.349. The van der Waals surface area contributed by atoms with Gasteiger partial charge in [-0.15, -0.1) is 0 Å². The maximum atomic E-state index is 8.61. The molecule has 15 heavy (non-hydrogen) atoms. The van der Waals surface area contributed by atoms with Gasteiger partial charge in [-0.3, -0.25) is 0 Å². The van der Waals surface area contributed by atoms with Gasteiger partial charge < -0.3 is 10.4 Å². The third-order valence-electron chi connectivity index (χ3n) is 3.02. The molecule has 1 rings (SSSR count). The highest BCUT2D eigenvalue weighted by atomic mass is 16.2. The fourth-order valence-corrected chi connectivity index (χ4v) is 2.05. The van der Waals surface area contributed by atoms with E-state index in [4.69, 9.17) is 5.11 Å². The number of rotatable bonds is 9. The summed E-state index contributed by atoms with van der Waals surface area (Å²) in [5.74, 6) is 0. The summed E-state index contributed by atoms with van der Waals surface area (Å²) in [6.45, 7) is 2.63. The Kier molecular flexibility index (Phi) is 7.58. The van der Waals surface area contributed by atoms with Crippen molar-refractivity contribution in [1.29, 1.82) is 0 Å². The van der Waals surface area contributed by atoms with Crippen molar-refractivity contribution in [2.45, 2.75) is 51.4 Å². The average molecular weight is 211 g/mol. The van der Waals surface area contributed by atoms with Gasteiger partial charge in [-0.1, -0.05) is 24.5 Å². The van der Waals surface area contributed by atoms with E-state index in [1.165, 1.54) is 44.9 Å². The van der Waals surface area contributed by atoms with Crippen LogP contribution in [0.5, 0.6) is 0 Å². The van der Waals surface area contributed by atoms with Crippen molar-refractivity contribution < 1.29 is 5.11 Å². The zero-order chi connectivity index (χ0) is 10.8. The first-order valence-electron chi connectivity index (χ1n) is 6.43. The number of aliphatic hydroxyl groups excluding tert-OH is 1. The Balaban J connectivity index is 1.77. The molecule has 0 atom stereocenters. The third kappa shape index (κ3) is 6.69. The highest BCUT2D eigenvalue weighted by Gasteiger charge is 2.02. The summed E-state index contributed by atoms with van der Waals surface area (Å²) in [6.07, 6.45) is 12.3. The normalized spacial score (nSPS) is 15.7. The van der Waals surface area contributed by atoms with Crippen LogP contribution in [0, 0.1) is 0 Å². The maximum absolute atomic E-state index is 8.61. The van der Waals surface area contributed by atoms with E-state index < -0.39 is 0 Å². The number of hydrogen-bond acceptors (Lipinski definition) is 2. The summed E-state index contributed by atoms with van der Waals surface area (Å²) in [4.78, 5) is 0. The Morgan fingerprint density at radius 2 is 2.00 bits per heavy atom. The van der Waals surface area contributed by atoms with Crippen LogP contribution in [-0.4, -0.2) is 24.8 Å². The Hall–Kier alpha value is -0.340. The number of hydrogen-bond donors (Lipinski definition) is 2. The van der Waals surface area contributed by atoms with Crippen molar-refractivity contribution in [3.05, 3.63) is 11.6 Å². The molecule has 0 saturated heterocycles. The van der Waals surface area contributed by atoms with Crippen molar-refractivity contribution in [2.75, 3.05) is 19.7 Å². The van der Waals surface area contributed by atoms with E-state index >= 15 is 0 Å². The number of allylic oxidation sites excluding steroid dienone is 1. The largest absolute Gasteiger partial charge is 0.396 e. The van der Waals surface area contributed by atoms with Crippen molar-refractivity contribution in [3.63, 3.8) is 0 Å². The van der Waals surface area contributed by atoms with E-state index in [1.54, 1.807) is 5.57 Å². The molecular formula is C13H25NO. The molecule has 2 nitrogen and oxygen atoms in total. The summed E-state index contributed by atoms with van der Waals surface area (Å²) < 4.78 is 0. The van der Waals surface area contributed by atoms with Gasteiger partial charge in [0.15, 0.2) is 0 Å². The van der Waals surface area contributed by atoms with E-state index in [0.29, 0.717) is 6.61 Å². The van der Waals surface area contributed by atoms with E-state index in [2.05, 4.69) is 11.4 Å². The van der Waals surface area contributed by atoms with Gasteiger partial charge in [0.2, 0.25) is 0 Å². The molecule has 0 radical (unpaired) electrons. The van der Waals surface area contributed by atoms with Gasteiger partial charge in [-0.05, 0) is 51.6 Å². The van der Waals surface area contributed by atoms with Crippen molar-refractivity contribution in [2.24, 2.45) is 0 Å². The first-order valence-corrected chi connectivity index (χ1v) is 6.43. The Labute approximate surface area is 93.8 Å². The first kappa shape index (κ1) is 12.7. The van der Waals surface area contributed by atoms with Crippen LogP contribution in [0.1, 0.15) is 51.4 Å². The smallest absolute Gasteiger partial charge is 0.0431 e. The molecule has 2 heteroatoms. The van der Waals surface area contributed by atoms with Gasteiger partial charge in [0, 0.05) is 6.61 Å². The molecule has 0 spiro atoms. The zero-order valence-corrected chi connectivity index (χ0v) is 9.80. The molecule has 0 bridgehead atoms. The second kappa shape index (κ2) is 8.93. The van der Waals surface area contributed by atoms with Crippen LogP contribution >= 0.6 is 0 Å². The summed E-state index contributed by atoms with van der Waals surface area (Å²) >= 11 is 0. The second-order valence-corrected chi connectivity index (χ2v) is 4.39. The van der Waals surface area contributed by atoms with Crippen molar-refractivity contribution in [3.8, 4) is 0 Å². The molecule has 0 aliphatic heterocycles. The topological polar surface area (TPSA) is 32.3 Å². The van der Waals surface area contributed by atoms with Crippen LogP contribution in [0.25, 0.3) is 0 Å². The van der Waals surface area contributed by atoms with Crippen LogP contribution in [0.3, 0.4) is 0 Å². The Morgan fingerprint density at radius 3 is 2.73 bits per heavy atom. The molecule has 1 aliphatic carbocycles. The van der Waals surface area contributed by atoms with E-state index in [0.717, 1.165) is 19.5 Å².